The van der Waals surface area contributed by atoms with E-state index in [0.717, 1.165) is 44.9 Å². The standard InChI is InChI=1S/C21H36ClN7O4/c1-25-21(29-20(31)16-18(23)28-19(24)17(22)27-16)26-11-4-3-5-13-6-8-14(9-7-13)33-12-10-15(30)32-2/h13-14,16,27H,3-12,24H2,1-2H3,(H2,23,28)(H2,25,26,29,31). The monoisotopic (exact) mass is 485 g/mol. The molecule has 1 aliphatic heterocycles. The van der Waals surface area contributed by atoms with Crippen LogP contribution in [0.5, 0.6) is 0 Å². The predicted octanol–water partition coefficient (Wildman–Crippen LogP) is 0.640. The summed E-state index contributed by atoms with van der Waals surface area (Å²) in [7, 11) is 2.98. The Hall–Kier alpha value is -2.53. The Morgan fingerprint density at radius 3 is 2.64 bits per heavy atom. The first-order valence-electron chi connectivity index (χ1n) is 11.3. The zero-order valence-electron chi connectivity index (χ0n) is 19.4. The third-order valence-electron chi connectivity index (χ3n) is 5.78. The zero-order valence-corrected chi connectivity index (χ0v) is 20.1. The van der Waals surface area contributed by atoms with Gasteiger partial charge in [-0.1, -0.05) is 24.4 Å². The lowest BCUT2D eigenvalue weighted by Crippen LogP contribution is -2.56. The van der Waals surface area contributed by atoms with E-state index in [2.05, 4.69) is 30.7 Å². The molecule has 1 unspecified atom stereocenters. The maximum absolute atomic E-state index is 12.5. The summed E-state index contributed by atoms with van der Waals surface area (Å²) in [6.07, 6.45) is 8.13. The van der Waals surface area contributed by atoms with Crippen molar-refractivity contribution in [2.45, 2.75) is 63.5 Å². The first-order chi connectivity index (χ1) is 15.8. The van der Waals surface area contributed by atoms with Crippen LogP contribution in [0.2, 0.25) is 0 Å². The van der Waals surface area contributed by atoms with Gasteiger partial charge in [-0.05, 0) is 38.0 Å². The molecule has 0 aromatic heterocycles. The van der Waals surface area contributed by atoms with Crippen LogP contribution in [-0.4, -0.2) is 63.1 Å². The summed E-state index contributed by atoms with van der Waals surface area (Å²) >= 11 is 5.90. The number of nitrogens with two attached hydrogens (primary N) is 2. The van der Waals surface area contributed by atoms with Crippen LogP contribution in [0.15, 0.2) is 21.0 Å². The van der Waals surface area contributed by atoms with Crippen molar-refractivity contribution < 1.29 is 19.1 Å². The molecule has 0 spiro atoms. The summed E-state index contributed by atoms with van der Waals surface area (Å²) in [4.78, 5) is 31.5. The lowest BCUT2D eigenvalue weighted by Gasteiger charge is -2.28. The topological polar surface area (TPSA) is 165 Å². The Morgan fingerprint density at radius 2 is 1.97 bits per heavy atom. The van der Waals surface area contributed by atoms with Crippen molar-refractivity contribution in [1.82, 2.24) is 16.0 Å². The molecule has 12 heteroatoms. The number of hydrogen-bond acceptors (Lipinski definition) is 9. The van der Waals surface area contributed by atoms with Gasteiger partial charge in [0.05, 0.1) is 26.2 Å². The first kappa shape index (κ1) is 26.7. The maximum Gasteiger partial charge on any atom is 0.307 e. The Balaban J connectivity index is 1.58. The summed E-state index contributed by atoms with van der Waals surface area (Å²) in [6.45, 7) is 1.12. The molecule has 2 aliphatic rings. The van der Waals surface area contributed by atoms with Crippen LogP contribution < -0.4 is 27.4 Å². The highest BCUT2D eigenvalue weighted by atomic mass is 35.5. The predicted molar refractivity (Wildman–Crippen MR) is 127 cm³/mol. The minimum Gasteiger partial charge on any atom is -0.469 e. The fraction of sp³-hybridized carbons (Fsp3) is 0.714. The van der Waals surface area contributed by atoms with Gasteiger partial charge < -0.3 is 31.6 Å². The Labute approximate surface area is 199 Å². The molecule has 0 saturated heterocycles. The minimum absolute atomic E-state index is 0.0356. The quantitative estimate of drug-likeness (QED) is 0.0987. The van der Waals surface area contributed by atoms with Crippen LogP contribution in [0.1, 0.15) is 51.4 Å². The number of carbonyl (C=O) groups is 2. The third kappa shape index (κ3) is 9.09. The molecule has 1 atom stereocenters. The molecule has 0 bridgehead atoms. The lowest BCUT2D eigenvalue weighted by atomic mass is 9.84. The molecular weight excluding hydrogens is 450 g/mol. The molecule has 11 nitrogen and oxygen atoms in total. The number of nitrogens with one attached hydrogen (secondary N) is 3. The average molecular weight is 486 g/mol. The van der Waals surface area contributed by atoms with Crippen LogP contribution in [0.4, 0.5) is 0 Å². The summed E-state index contributed by atoms with van der Waals surface area (Å²) in [5.74, 6) is 0.477. The second-order valence-corrected chi connectivity index (χ2v) is 8.51. The smallest absolute Gasteiger partial charge is 0.307 e. The molecule has 1 heterocycles. The number of aliphatic imine (C=N–C) groups is 2. The van der Waals surface area contributed by atoms with E-state index in [4.69, 9.17) is 27.8 Å². The number of amides is 1. The zero-order chi connectivity index (χ0) is 24.2. The van der Waals surface area contributed by atoms with Crippen LogP contribution in [0, 0.1) is 5.92 Å². The highest BCUT2D eigenvalue weighted by Crippen LogP contribution is 2.29. The second kappa shape index (κ2) is 13.9. The van der Waals surface area contributed by atoms with E-state index in [0.29, 0.717) is 31.4 Å². The number of methoxy groups -OCH3 is 1. The number of nitrogens with zero attached hydrogens (tertiary/aromatic N) is 2. The highest BCUT2D eigenvalue weighted by molar-refractivity contribution is 6.30. The van der Waals surface area contributed by atoms with Gasteiger partial charge in [-0.2, -0.15) is 0 Å². The van der Waals surface area contributed by atoms with Crippen LogP contribution in [-0.2, 0) is 19.1 Å². The van der Waals surface area contributed by atoms with E-state index >= 15 is 0 Å². The number of halogens is 1. The van der Waals surface area contributed by atoms with Crippen molar-refractivity contribution in [2.75, 3.05) is 27.3 Å². The van der Waals surface area contributed by atoms with Crippen LogP contribution in [0.25, 0.3) is 0 Å². The summed E-state index contributed by atoms with van der Waals surface area (Å²) < 4.78 is 10.4. The van der Waals surface area contributed by atoms with Crippen molar-refractivity contribution in [3.8, 4) is 0 Å². The molecule has 2 rings (SSSR count). The number of amidine groups is 1. The van der Waals surface area contributed by atoms with Crippen molar-refractivity contribution in [3.05, 3.63) is 11.0 Å². The summed E-state index contributed by atoms with van der Waals surface area (Å²) in [5.41, 5.74) is 11.4. The molecule has 0 radical (unpaired) electrons. The van der Waals surface area contributed by atoms with Gasteiger partial charge in [-0.3, -0.25) is 19.9 Å². The number of rotatable bonds is 10. The Bertz CT molecular complexity index is 764. The van der Waals surface area contributed by atoms with Crippen LogP contribution >= 0.6 is 11.6 Å². The largest absolute Gasteiger partial charge is 0.469 e. The molecule has 186 valence electrons. The molecule has 0 aromatic carbocycles. The summed E-state index contributed by atoms with van der Waals surface area (Å²) in [5, 5.41) is 8.62. The molecule has 1 saturated carbocycles. The molecular formula is C21H36ClN7O4. The van der Waals surface area contributed by atoms with E-state index < -0.39 is 11.9 Å². The number of guanidine groups is 1. The fourth-order valence-electron chi connectivity index (χ4n) is 3.86. The fourth-order valence-corrected chi connectivity index (χ4v) is 4.01. The normalized spacial score (nSPS) is 23.4. The number of unbranched alkanes of at least 4 members (excludes halogenated alkanes) is 1. The van der Waals surface area contributed by atoms with Crippen molar-refractivity contribution in [1.29, 1.82) is 0 Å². The minimum atomic E-state index is -0.914. The van der Waals surface area contributed by atoms with E-state index in [1.165, 1.54) is 7.11 Å². The first-order valence-corrected chi connectivity index (χ1v) is 11.7. The van der Waals surface area contributed by atoms with Gasteiger partial charge in [0.15, 0.2) is 17.8 Å². The van der Waals surface area contributed by atoms with Crippen molar-refractivity contribution >= 4 is 35.3 Å². The Kier molecular flexibility index (Phi) is 11.2. The van der Waals surface area contributed by atoms with Gasteiger partial charge >= 0.3 is 5.97 Å². The number of esters is 1. The van der Waals surface area contributed by atoms with Crippen LogP contribution in [0.3, 0.4) is 0 Å². The Morgan fingerprint density at radius 1 is 1.24 bits per heavy atom. The number of hydrogen-bond donors (Lipinski definition) is 5. The second-order valence-electron chi connectivity index (χ2n) is 8.14. The van der Waals surface area contributed by atoms with Gasteiger partial charge in [0.1, 0.15) is 11.0 Å². The average Bonchev–Trinajstić information content (AvgIpc) is 2.81. The maximum atomic E-state index is 12.5. The van der Waals surface area contributed by atoms with Crippen molar-refractivity contribution in [3.63, 3.8) is 0 Å². The number of ether oxygens (including phenoxy) is 2. The van der Waals surface area contributed by atoms with Gasteiger partial charge in [0, 0.05) is 13.6 Å². The SMILES string of the molecule is CN=C(NCCCCC1CCC(OCCC(=O)OC)CC1)NC(=O)C1NC(Cl)=C(N)N=C1N. The third-order valence-corrected chi connectivity index (χ3v) is 6.08. The van der Waals surface area contributed by atoms with Gasteiger partial charge in [0.2, 0.25) is 0 Å². The molecule has 1 aliphatic carbocycles. The summed E-state index contributed by atoms with van der Waals surface area (Å²) in [6, 6.07) is -0.914. The molecule has 1 fully saturated rings. The van der Waals surface area contributed by atoms with Gasteiger partial charge in [-0.15, -0.1) is 0 Å². The van der Waals surface area contributed by atoms with Gasteiger partial charge in [0.25, 0.3) is 5.91 Å². The molecule has 33 heavy (non-hydrogen) atoms. The molecule has 1 amide bonds. The molecule has 0 aromatic rings. The van der Waals surface area contributed by atoms with E-state index in [9.17, 15) is 9.59 Å². The van der Waals surface area contributed by atoms with Gasteiger partial charge in [-0.25, -0.2) is 4.99 Å². The molecule has 7 N–H and O–H groups in total. The van der Waals surface area contributed by atoms with Crippen molar-refractivity contribution in [2.24, 2.45) is 27.4 Å². The van der Waals surface area contributed by atoms with E-state index in [1.54, 1.807) is 7.05 Å². The number of carbonyl (C=O) groups excluding carboxylic acids is 2. The lowest BCUT2D eigenvalue weighted by molar-refractivity contribution is -0.142. The van der Waals surface area contributed by atoms with E-state index in [-0.39, 0.29) is 28.9 Å². The highest BCUT2D eigenvalue weighted by Gasteiger charge is 2.28. The van der Waals surface area contributed by atoms with E-state index in [1.807, 2.05) is 0 Å².